The Hall–Kier alpha value is -2.99. The first-order chi connectivity index (χ1) is 14.8. The van der Waals surface area contributed by atoms with E-state index in [4.69, 9.17) is 4.74 Å². The zero-order valence-electron chi connectivity index (χ0n) is 17.0. The molecule has 154 valence electrons. The fraction of sp³-hybridized carbons (Fsp3) is 0.375. The van der Waals surface area contributed by atoms with Crippen molar-refractivity contribution >= 4 is 22.6 Å². The normalized spacial score (nSPS) is 21.3. The van der Waals surface area contributed by atoms with E-state index in [1.165, 1.54) is 10.9 Å². The van der Waals surface area contributed by atoms with Crippen molar-refractivity contribution in [2.24, 2.45) is 5.92 Å². The van der Waals surface area contributed by atoms with Crippen molar-refractivity contribution in [1.29, 1.82) is 0 Å². The lowest BCUT2D eigenvalue weighted by Crippen LogP contribution is -2.33. The van der Waals surface area contributed by atoms with Gasteiger partial charge in [-0.05, 0) is 49.1 Å². The molecule has 1 aromatic carbocycles. The van der Waals surface area contributed by atoms with Crippen LogP contribution < -0.4 is 5.32 Å². The van der Waals surface area contributed by atoms with E-state index >= 15 is 0 Å². The van der Waals surface area contributed by atoms with Gasteiger partial charge in [0.25, 0.3) is 5.91 Å². The first-order valence-corrected chi connectivity index (χ1v) is 10.7. The molecule has 5 rings (SSSR count). The Morgan fingerprint density at radius 3 is 2.80 bits per heavy atom. The third-order valence-electron chi connectivity index (χ3n) is 6.17. The van der Waals surface area contributed by atoms with Gasteiger partial charge < -0.3 is 15.0 Å². The number of aromatic nitrogens is 2. The summed E-state index contributed by atoms with van der Waals surface area (Å²) in [6, 6.07) is 14.2. The summed E-state index contributed by atoms with van der Waals surface area (Å²) in [6.45, 7) is 2.97. The topological polar surface area (TPSA) is 67.3 Å². The first-order valence-electron chi connectivity index (χ1n) is 10.7. The molecule has 2 saturated heterocycles. The van der Waals surface area contributed by atoms with E-state index in [1.54, 1.807) is 6.20 Å². The summed E-state index contributed by atoms with van der Waals surface area (Å²) < 4.78 is 5.83. The van der Waals surface area contributed by atoms with Crippen molar-refractivity contribution in [3.63, 3.8) is 0 Å². The van der Waals surface area contributed by atoms with Crippen LogP contribution in [-0.2, 0) is 11.2 Å². The average Bonchev–Trinajstić information content (AvgIpc) is 3.47. The lowest BCUT2D eigenvalue weighted by molar-refractivity contribution is 0.0793. The maximum absolute atomic E-state index is 13.0. The van der Waals surface area contributed by atoms with Crippen LogP contribution in [0.15, 0.2) is 54.9 Å². The molecule has 1 N–H and O–H groups in total. The smallest absolute Gasteiger partial charge is 0.257 e. The van der Waals surface area contributed by atoms with Crippen LogP contribution in [-0.4, -0.2) is 53.1 Å². The van der Waals surface area contributed by atoms with Gasteiger partial charge in [-0.15, -0.1) is 0 Å². The molecule has 0 saturated carbocycles. The van der Waals surface area contributed by atoms with E-state index in [9.17, 15) is 4.79 Å². The number of carbonyl (C=O) groups is 1. The van der Waals surface area contributed by atoms with Gasteiger partial charge in [0.2, 0.25) is 0 Å². The largest absolute Gasteiger partial charge is 0.379 e. The van der Waals surface area contributed by atoms with Gasteiger partial charge in [0.05, 0.1) is 30.3 Å². The van der Waals surface area contributed by atoms with Crippen LogP contribution in [0.4, 0.5) is 5.82 Å². The Kier molecular flexibility index (Phi) is 5.32. The van der Waals surface area contributed by atoms with Gasteiger partial charge in [-0.3, -0.25) is 9.78 Å². The van der Waals surface area contributed by atoms with Gasteiger partial charge in [0, 0.05) is 36.8 Å². The van der Waals surface area contributed by atoms with Gasteiger partial charge in [-0.2, -0.15) is 0 Å². The zero-order valence-corrected chi connectivity index (χ0v) is 17.0. The van der Waals surface area contributed by atoms with Gasteiger partial charge in [0.15, 0.2) is 0 Å². The summed E-state index contributed by atoms with van der Waals surface area (Å²) in [5.74, 6) is 1.03. The highest BCUT2D eigenvalue weighted by molar-refractivity contribution is 5.98. The van der Waals surface area contributed by atoms with Crippen molar-refractivity contribution in [2.75, 3.05) is 31.6 Å². The minimum atomic E-state index is 0.0682. The van der Waals surface area contributed by atoms with Crippen molar-refractivity contribution in [1.82, 2.24) is 14.9 Å². The lowest BCUT2D eigenvalue weighted by Gasteiger charge is -2.23. The predicted molar refractivity (Wildman–Crippen MR) is 117 cm³/mol. The van der Waals surface area contributed by atoms with Crippen molar-refractivity contribution in [3.05, 3.63) is 66.0 Å². The van der Waals surface area contributed by atoms with Gasteiger partial charge >= 0.3 is 0 Å². The Morgan fingerprint density at radius 2 is 1.90 bits per heavy atom. The predicted octanol–water partition coefficient (Wildman–Crippen LogP) is 3.54. The molecule has 4 heterocycles. The number of para-hydroxylation sites is 1. The number of fused-ring (bicyclic) bond motifs is 1. The zero-order chi connectivity index (χ0) is 20.3. The maximum Gasteiger partial charge on any atom is 0.257 e. The molecule has 30 heavy (non-hydrogen) atoms. The van der Waals surface area contributed by atoms with E-state index in [-0.39, 0.29) is 11.9 Å². The Morgan fingerprint density at radius 1 is 1.03 bits per heavy atom. The van der Waals surface area contributed by atoms with Gasteiger partial charge in [-0.1, -0.05) is 18.2 Å². The fourth-order valence-electron chi connectivity index (χ4n) is 4.53. The number of anilines is 1. The number of hydrogen-bond donors (Lipinski definition) is 1. The molecule has 2 aliphatic heterocycles. The van der Waals surface area contributed by atoms with Crippen molar-refractivity contribution < 1.29 is 9.53 Å². The third kappa shape index (κ3) is 3.75. The van der Waals surface area contributed by atoms with Crippen LogP contribution in [0.3, 0.4) is 0 Å². The highest BCUT2D eigenvalue weighted by Crippen LogP contribution is 2.27. The summed E-state index contributed by atoms with van der Waals surface area (Å²) in [5, 5.41) is 4.72. The summed E-state index contributed by atoms with van der Waals surface area (Å²) in [7, 11) is 0. The van der Waals surface area contributed by atoms with Gasteiger partial charge in [0.1, 0.15) is 5.82 Å². The molecule has 2 aliphatic rings. The van der Waals surface area contributed by atoms with Crippen LogP contribution in [0.5, 0.6) is 0 Å². The quantitative estimate of drug-likeness (QED) is 0.707. The van der Waals surface area contributed by atoms with Crippen LogP contribution >= 0.6 is 0 Å². The molecule has 2 fully saturated rings. The highest BCUT2D eigenvalue weighted by Gasteiger charge is 2.31. The Labute approximate surface area is 176 Å². The fourth-order valence-corrected chi connectivity index (χ4v) is 4.53. The maximum atomic E-state index is 13.0. The molecular weight excluding hydrogens is 376 g/mol. The van der Waals surface area contributed by atoms with Crippen LogP contribution in [0, 0.1) is 5.92 Å². The number of likely N-dealkylation sites (tertiary alicyclic amines) is 1. The molecule has 0 bridgehead atoms. The lowest BCUT2D eigenvalue weighted by atomic mass is 9.93. The highest BCUT2D eigenvalue weighted by atomic mass is 16.5. The average molecular weight is 402 g/mol. The first kappa shape index (κ1) is 19.0. The van der Waals surface area contributed by atoms with Crippen LogP contribution in [0.1, 0.15) is 28.8 Å². The molecule has 2 atom stereocenters. The molecule has 0 spiro atoms. The number of rotatable bonds is 5. The molecule has 0 aliphatic carbocycles. The monoisotopic (exact) mass is 402 g/mol. The van der Waals surface area contributed by atoms with E-state index in [0.717, 1.165) is 37.9 Å². The number of carbonyl (C=O) groups excluding carboxylic acids is 1. The van der Waals surface area contributed by atoms with E-state index < -0.39 is 0 Å². The second kappa shape index (κ2) is 8.40. The van der Waals surface area contributed by atoms with Crippen LogP contribution in [0.25, 0.3) is 10.9 Å². The molecule has 6 heteroatoms. The van der Waals surface area contributed by atoms with E-state index in [1.807, 2.05) is 35.4 Å². The molecule has 2 aromatic heterocycles. The molecule has 0 unspecified atom stereocenters. The summed E-state index contributed by atoms with van der Waals surface area (Å²) in [6.07, 6.45) is 6.66. The standard InChI is InChI=1S/C24H26N4O2/c29-24(28-12-3-4-13-28)20-7-5-10-26-23(20)27-22-16-30-15-18(22)14-17-9-11-25-21-8-2-1-6-19(17)21/h1-2,5-11,18,22H,3-4,12-16H2,(H,26,27)/t18-,22+/m1/s1. The molecular formula is C24H26N4O2. The third-order valence-corrected chi connectivity index (χ3v) is 6.17. The minimum Gasteiger partial charge on any atom is -0.379 e. The van der Waals surface area contributed by atoms with Crippen molar-refractivity contribution in [2.45, 2.75) is 25.3 Å². The molecule has 0 radical (unpaired) electrons. The molecule has 1 amide bonds. The van der Waals surface area contributed by atoms with E-state index in [2.05, 4.69) is 33.5 Å². The van der Waals surface area contributed by atoms with E-state index in [0.29, 0.717) is 30.5 Å². The number of nitrogens with zero attached hydrogens (tertiary/aromatic N) is 3. The number of ether oxygens (including phenoxy) is 1. The summed E-state index contributed by atoms with van der Waals surface area (Å²) in [4.78, 5) is 23.9. The van der Waals surface area contributed by atoms with Crippen molar-refractivity contribution in [3.8, 4) is 0 Å². The Balaban J connectivity index is 1.36. The van der Waals surface area contributed by atoms with Gasteiger partial charge in [-0.25, -0.2) is 4.98 Å². The summed E-state index contributed by atoms with van der Waals surface area (Å²) in [5.41, 5.74) is 2.94. The Bertz CT molecular complexity index is 1040. The number of nitrogens with one attached hydrogen (secondary N) is 1. The minimum absolute atomic E-state index is 0.0682. The number of pyridine rings is 2. The van der Waals surface area contributed by atoms with Crippen LogP contribution in [0.2, 0.25) is 0 Å². The number of benzene rings is 1. The number of amides is 1. The molecule has 3 aromatic rings. The SMILES string of the molecule is O=C(c1cccnc1N[C@H]1COC[C@H]1Cc1ccnc2ccccc12)N1CCCC1. The second-order valence-corrected chi connectivity index (χ2v) is 8.14. The molecule has 6 nitrogen and oxygen atoms in total. The second-order valence-electron chi connectivity index (χ2n) is 8.14. The summed E-state index contributed by atoms with van der Waals surface area (Å²) >= 11 is 0. The number of hydrogen-bond acceptors (Lipinski definition) is 5.